The minimum atomic E-state index is -0.183. The Kier molecular flexibility index (Phi) is 5.76. The van der Waals surface area contributed by atoms with Gasteiger partial charge in [0.15, 0.2) is 0 Å². The van der Waals surface area contributed by atoms with Crippen LogP contribution in [0.3, 0.4) is 0 Å². The van der Waals surface area contributed by atoms with Crippen molar-refractivity contribution in [3.8, 4) is 0 Å². The Balaban J connectivity index is 2.44. The average Bonchev–Trinajstić information content (AvgIpc) is 2.44. The van der Waals surface area contributed by atoms with Gasteiger partial charge in [-0.05, 0) is 83.8 Å². The highest BCUT2D eigenvalue weighted by atomic mass is 127. The molecule has 1 atom stereocenters. The van der Waals surface area contributed by atoms with Crippen LogP contribution >= 0.6 is 22.6 Å². The molecule has 2 aromatic carbocycles. The van der Waals surface area contributed by atoms with Crippen LogP contribution in [0.5, 0.6) is 0 Å². The fraction of sp³-hybridized carbons (Fsp3) is 0.333. The zero-order chi connectivity index (χ0) is 15.4. The molecule has 3 heteroatoms. The van der Waals surface area contributed by atoms with Gasteiger partial charge in [-0.3, -0.25) is 0 Å². The molecule has 0 aromatic heterocycles. The van der Waals surface area contributed by atoms with Crippen molar-refractivity contribution in [1.82, 2.24) is 5.32 Å². The monoisotopic (exact) mass is 397 g/mol. The third-order valence-electron chi connectivity index (χ3n) is 3.74. The van der Waals surface area contributed by atoms with Gasteiger partial charge < -0.3 is 5.32 Å². The second kappa shape index (κ2) is 7.36. The molecule has 0 aliphatic carbocycles. The van der Waals surface area contributed by atoms with Crippen LogP contribution in [0.25, 0.3) is 0 Å². The third-order valence-corrected chi connectivity index (χ3v) is 4.67. The molecule has 0 heterocycles. The quantitative estimate of drug-likeness (QED) is 0.690. The van der Waals surface area contributed by atoms with Gasteiger partial charge in [0.05, 0.1) is 6.04 Å². The second-order valence-electron chi connectivity index (χ2n) is 5.40. The van der Waals surface area contributed by atoms with Gasteiger partial charge in [0.1, 0.15) is 5.82 Å². The molecule has 2 rings (SSSR count). The number of rotatable bonds is 5. The first kappa shape index (κ1) is 16.4. The van der Waals surface area contributed by atoms with E-state index in [1.54, 1.807) is 12.1 Å². The van der Waals surface area contributed by atoms with Crippen molar-refractivity contribution in [2.45, 2.75) is 33.2 Å². The van der Waals surface area contributed by atoms with Gasteiger partial charge in [-0.1, -0.05) is 31.2 Å². The van der Waals surface area contributed by atoms with Crippen molar-refractivity contribution in [1.29, 1.82) is 0 Å². The van der Waals surface area contributed by atoms with E-state index in [-0.39, 0.29) is 11.9 Å². The maximum absolute atomic E-state index is 13.4. The molecule has 0 amide bonds. The molecule has 1 N–H and O–H groups in total. The van der Waals surface area contributed by atoms with Crippen LogP contribution in [0.15, 0.2) is 36.4 Å². The molecular weight excluding hydrogens is 376 g/mol. The number of hydrogen-bond acceptors (Lipinski definition) is 1. The number of aryl methyl sites for hydroxylation is 2. The summed E-state index contributed by atoms with van der Waals surface area (Å²) in [5, 5.41) is 3.58. The summed E-state index contributed by atoms with van der Waals surface area (Å²) in [5.74, 6) is -0.183. The molecule has 0 bridgehead atoms. The first-order valence-corrected chi connectivity index (χ1v) is 8.36. The minimum absolute atomic E-state index is 0.108. The topological polar surface area (TPSA) is 12.0 Å². The number of halogens is 2. The zero-order valence-corrected chi connectivity index (χ0v) is 14.9. The van der Waals surface area contributed by atoms with E-state index in [1.165, 1.54) is 16.7 Å². The largest absolute Gasteiger partial charge is 0.306 e. The van der Waals surface area contributed by atoms with Gasteiger partial charge in [-0.15, -0.1) is 0 Å². The van der Waals surface area contributed by atoms with E-state index < -0.39 is 0 Å². The van der Waals surface area contributed by atoms with E-state index in [2.05, 4.69) is 66.9 Å². The predicted octanol–water partition coefficient (Wildman–Crippen LogP) is 5.14. The normalized spacial score (nSPS) is 12.4. The molecule has 0 saturated heterocycles. The van der Waals surface area contributed by atoms with Crippen molar-refractivity contribution < 1.29 is 4.39 Å². The van der Waals surface area contributed by atoms with Crippen molar-refractivity contribution in [3.63, 3.8) is 0 Å². The summed E-state index contributed by atoms with van der Waals surface area (Å²) >= 11 is 2.22. The van der Waals surface area contributed by atoms with Gasteiger partial charge in [0.25, 0.3) is 0 Å². The Morgan fingerprint density at radius 1 is 1.10 bits per heavy atom. The number of benzene rings is 2. The molecule has 0 fully saturated rings. The van der Waals surface area contributed by atoms with E-state index >= 15 is 0 Å². The maximum atomic E-state index is 13.4. The lowest BCUT2D eigenvalue weighted by atomic mass is 9.95. The fourth-order valence-electron chi connectivity index (χ4n) is 2.38. The predicted molar refractivity (Wildman–Crippen MR) is 95.2 cm³/mol. The molecule has 0 spiro atoms. The average molecular weight is 397 g/mol. The Bertz CT molecular complexity index is 625. The highest BCUT2D eigenvalue weighted by Gasteiger charge is 2.17. The van der Waals surface area contributed by atoms with E-state index in [0.717, 1.165) is 22.1 Å². The zero-order valence-electron chi connectivity index (χ0n) is 12.7. The first-order chi connectivity index (χ1) is 10.0. The third kappa shape index (κ3) is 4.04. The van der Waals surface area contributed by atoms with Crippen LogP contribution in [0.4, 0.5) is 4.39 Å². The standard InChI is InChI=1S/C18H21FIN/c1-4-9-21-18(14-6-5-12(2)13(3)10-14)16-8-7-15(19)11-17(16)20/h5-8,10-11,18,21H,4,9H2,1-3H3. The van der Waals surface area contributed by atoms with Crippen molar-refractivity contribution in [2.24, 2.45) is 0 Å². The second-order valence-corrected chi connectivity index (χ2v) is 6.56. The van der Waals surface area contributed by atoms with E-state index in [1.807, 2.05) is 6.07 Å². The minimum Gasteiger partial charge on any atom is -0.306 e. The summed E-state index contributed by atoms with van der Waals surface area (Å²) < 4.78 is 14.3. The molecule has 1 unspecified atom stereocenters. The summed E-state index contributed by atoms with van der Waals surface area (Å²) in [5.41, 5.74) is 4.94. The van der Waals surface area contributed by atoms with E-state index in [9.17, 15) is 4.39 Å². The van der Waals surface area contributed by atoms with Crippen molar-refractivity contribution >= 4 is 22.6 Å². The lowest BCUT2D eigenvalue weighted by Gasteiger charge is -2.22. The summed E-state index contributed by atoms with van der Waals surface area (Å²) in [6.45, 7) is 7.34. The summed E-state index contributed by atoms with van der Waals surface area (Å²) in [6, 6.07) is 11.7. The van der Waals surface area contributed by atoms with Crippen LogP contribution in [-0.2, 0) is 0 Å². The summed E-state index contributed by atoms with van der Waals surface area (Å²) in [7, 11) is 0. The van der Waals surface area contributed by atoms with Crippen LogP contribution < -0.4 is 5.32 Å². The molecule has 2 aromatic rings. The first-order valence-electron chi connectivity index (χ1n) is 7.28. The van der Waals surface area contributed by atoms with Crippen molar-refractivity contribution in [2.75, 3.05) is 6.54 Å². The van der Waals surface area contributed by atoms with E-state index in [4.69, 9.17) is 0 Å². The number of hydrogen-bond donors (Lipinski definition) is 1. The molecule has 21 heavy (non-hydrogen) atoms. The molecular formula is C18H21FIN. The summed E-state index contributed by atoms with van der Waals surface area (Å²) in [4.78, 5) is 0. The van der Waals surface area contributed by atoms with Crippen LogP contribution in [0, 0.1) is 23.2 Å². The van der Waals surface area contributed by atoms with Crippen molar-refractivity contribution in [3.05, 3.63) is 68.0 Å². The SMILES string of the molecule is CCCNC(c1ccc(C)c(C)c1)c1ccc(F)cc1I. The lowest BCUT2D eigenvalue weighted by Crippen LogP contribution is -2.24. The smallest absolute Gasteiger partial charge is 0.124 e. The van der Waals surface area contributed by atoms with Gasteiger partial charge in [0.2, 0.25) is 0 Å². The highest BCUT2D eigenvalue weighted by Crippen LogP contribution is 2.28. The Morgan fingerprint density at radius 2 is 1.86 bits per heavy atom. The maximum Gasteiger partial charge on any atom is 0.124 e. The van der Waals surface area contributed by atoms with Crippen LogP contribution in [0.2, 0.25) is 0 Å². The molecule has 112 valence electrons. The van der Waals surface area contributed by atoms with Gasteiger partial charge in [-0.2, -0.15) is 0 Å². The lowest BCUT2D eigenvalue weighted by molar-refractivity contribution is 0.590. The molecule has 0 aliphatic heterocycles. The number of nitrogens with one attached hydrogen (secondary N) is 1. The van der Waals surface area contributed by atoms with Gasteiger partial charge in [-0.25, -0.2) is 4.39 Å². The molecule has 0 saturated carbocycles. The fourth-order valence-corrected chi connectivity index (χ4v) is 3.16. The molecule has 0 aliphatic rings. The highest BCUT2D eigenvalue weighted by molar-refractivity contribution is 14.1. The van der Waals surface area contributed by atoms with Gasteiger partial charge in [0, 0.05) is 3.57 Å². The molecule has 0 radical (unpaired) electrons. The Hall–Kier alpha value is -0.940. The Labute approximate surface area is 140 Å². The van der Waals surface area contributed by atoms with Crippen LogP contribution in [0.1, 0.15) is 41.6 Å². The molecule has 1 nitrogen and oxygen atoms in total. The summed E-state index contributed by atoms with van der Waals surface area (Å²) in [6.07, 6.45) is 1.07. The van der Waals surface area contributed by atoms with E-state index in [0.29, 0.717) is 0 Å². The van der Waals surface area contributed by atoms with Crippen LogP contribution in [-0.4, -0.2) is 6.54 Å². The van der Waals surface area contributed by atoms with Gasteiger partial charge >= 0.3 is 0 Å². The Morgan fingerprint density at radius 3 is 2.48 bits per heavy atom.